The van der Waals surface area contributed by atoms with E-state index in [-0.39, 0.29) is 18.5 Å². The second kappa shape index (κ2) is 7.74. The summed E-state index contributed by atoms with van der Waals surface area (Å²) in [6.07, 6.45) is 2.25. The number of carbonyl (C=O) groups is 2. The Kier molecular flexibility index (Phi) is 5.35. The monoisotopic (exact) mass is 397 g/mol. The number of hydrogen-bond acceptors (Lipinski definition) is 8. The molecule has 1 saturated heterocycles. The molecular formula is C19H23N7O3. The number of amides is 2. The minimum Gasteiger partial charge on any atom is -0.433 e. The molecule has 1 aliphatic rings. The number of cyclic esters (lactones) is 1. The summed E-state index contributed by atoms with van der Waals surface area (Å²) < 4.78 is 6.63. The highest BCUT2D eigenvalue weighted by atomic mass is 16.6. The van der Waals surface area contributed by atoms with E-state index in [1.54, 1.807) is 31.5 Å². The highest BCUT2D eigenvalue weighted by Crippen LogP contribution is 2.23. The first-order chi connectivity index (χ1) is 13.7. The zero-order valence-corrected chi connectivity index (χ0v) is 16.5. The summed E-state index contributed by atoms with van der Waals surface area (Å²) >= 11 is 0. The average molecular weight is 397 g/mol. The third-order valence-corrected chi connectivity index (χ3v) is 4.26. The number of carbonyl (C=O) groups excluding carboxylic acids is 2. The third-order valence-electron chi connectivity index (χ3n) is 4.26. The largest absolute Gasteiger partial charge is 0.433 e. The van der Waals surface area contributed by atoms with E-state index in [2.05, 4.69) is 27.2 Å². The number of aliphatic imine (C=N–C) groups is 1. The molecule has 1 aliphatic heterocycles. The molecule has 10 nitrogen and oxygen atoms in total. The highest BCUT2D eigenvalue weighted by molar-refractivity contribution is 6.02. The van der Waals surface area contributed by atoms with Gasteiger partial charge in [-0.3, -0.25) is 4.79 Å². The van der Waals surface area contributed by atoms with Crippen LogP contribution >= 0.6 is 0 Å². The fourth-order valence-electron chi connectivity index (χ4n) is 2.94. The molecule has 0 bridgehead atoms. The zero-order valence-electron chi connectivity index (χ0n) is 16.5. The quantitative estimate of drug-likeness (QED) is 0.556. The fourth-order valence-corrected chi connectivity index (χ4v) is 2.94. The van der Waals surface area contributed by atoms with E-state index in [9.17, 15) is 9.59 Å². The lowest BCUT2D eigenvalue weighted by molar-refractivity contribution is -0.134. The van der Waals surface area contributed by atoms with Gasteiger partial charge in [-0.25, -0.2) is 14.7 Å². The van der Waals surface area contributed by atoms with Crippen LogP contribution in [0.2, 0.25) is 0 Å². The Morgan fingerprint density at radius 1 is 1.41 bits per heavy atom. The van der Waals surface area contributed by atoms with Crippen LogP contribution in [0.15, 0.2) is 53.9 Å². The van der Waals surface area contributed by atoms with Crippen molar-refractivity contribution in [3.63, 3.8) is 0 Å². The summed E-state index contributed by atoms with van der Waals surface area (Å²) in [6.45, 7) is 8.93. The molecule has 2 heterocycles. The molecule has 0 aliphatic carbocycles. The van der Waals surface area contributed by atoms with Crippen LogP contribution in [0.1, 0.15) is 20.8 Å². The molecule has 3 N–H and O–H groups in total. The fraction of sp³-hybridized carbons (Fsp3) is 0.316. The van der Waals surface area contributed by atoms with Gasteiger partial charge in [0, 0.05) is 6.04 Å². The predicted molar refractivity (Wildman–Crippen MR) is 108 cm³/mol. The van der Waals surface area contributed by atoms with Crippen LogP contribution in [-0.4, -0.2) is 55.9 Å². The normalized spacial score (nSPS) is 17.8. The van der Waals surface area contributed by atoms with E-state index in [4.69, 9.17) is 10.5 Å². The van der Waals surface area contributed by atoms with E-state index >= 15 is 0 Å². The Balaban J connectivity index is 1.74. The molecule has 29 heavy (non-hydrogen) atoms. The van der Waals surface area contributed by atoms with Crippen molar-refractivity contribution in [1.29, 1.82) is 0 Å². The van der Waals surface area contributed by atoms with Gasteiger partial charge in [-0.2, -0.15) is 4.68 Å². The molecule has 2 amide bonds. The number of ether oxygens (including phenoxy) is 1. The number of benzene rings is 1. The summed E-state index contributed by atoms with van der Waals surface area (Å²) in [5, 5.41) is 11.3. The molecule has 10 heteroatoms. The summed E-state index contributed by atoms with van der Waals surface area (Å²) in [7, 11) is 0. The van der Waals surface area contributed by atoms with Gasteiger partial charge < -0.3 is 15.8 Å². The molecule has 0 saturated carbocycles. The van der Waals surface area contributed by atoms with Crippen molar-refractivity contribution in [2.75, 3.05) is 6.54 Å². The second-order valence-corrected chi connectivity index (χ2v) is 7.11. The Labute approximate surface area is 167 Å². The molecular weight excluding hydrogens is 374 g/mol. The topological polar surface area (TPSA) is 128 Å². The lowest BCUT2D eigenvalue weighted by Gasteiger charge is -2.20. The van der Waals surface area contributed by atoms with Crippen molar-refractivity contribution in [2.45, 2.75) is 32.4 Å². The molecule has 1 fully saturated rings. The molecule has 3 rings (SSSR count). The first-order valence-corrected chi connectivity index (χ1v) is 9.01. The number of nitrogens with one attached hydrogen (secondary N) is 1. The van der Waals surface area contributed by atoms with Gasteiger partial charge in [0.1, 0.15) is 11.3 Å². The van der Waals surface area contributed by atoms with E-state index in [1.165, 1.54) is 6.20 Å². The van der Waals surface area contributed by atoms with Crippen LogP contribution in [0.4, 0.5) is 4.79 Å². The Bertz CT molecular complexity index is 1020. The molecule has 0 spiro atoms. The van der Waals surface area contributed by atoms with Gasteiger partial charge in [0.15, 0.2) is 11.4 Å². The first-order valence-electron chi connectivity index (χ1n) is 9.01. The second-order valence-electron chi connectivity index (χ2n) is 7.11. The van der Waals surface area contributed by atoms with Crippen LogP contribution in [-0.2, 0) is 9.53 Å². The number of nitrogens with two attached hydrogens (primary N) is 1. The molecule has 2 aromatic rings. The maximum atomic E-state index is 12.3. The van der Waals surface area contributed by atoms with E-state index < -0.39 is 11.7 Å². The summed E-state index contributed by atoms with van der Waals surface area (Å²) in [5.41, 5.74) is 5.88. The van der Waals surface area contributed by atoms with Crippen LogP contribution in [0.25, 0.3) is 11.0 Å². The van der Waals surface area contributed by atoms with Crippen molar-refractivity contribution in [2.24, 2.45) is 10.7 Å². The molecule has 1 aromatic carbocycles. The van der Waals surface area contributed by atoms with E-state index in [1.807, 2.05) is 24.3 Å². The highest BCUT2D eigenvalue weighted by Gasteiger charge is 2.47. The number of allylic oxidation sites excluding steroid dienone is 1. The lowest BCUT2D eigenvalue weighted by atomic mass is 10.1. The van der Waals surface area contributed by atoms with Gasteiger partial charge in [0.2, 0.25) is 0 Å². The number of imide groups is 1. The number of aromatic nitrogens is 3. The number of fused-ring (bicyclic) bond motifs is 1. The molecule has 0 radical (unpaired) electrons. The molecule has 1 atom stereocenters. The van der Waals surface area contributed by atoms with Gasteiger partial charge in [-0.1, -0.05) is 23.9 Å². The number of para-hydroxylation sites is 1. The summed E-state index contributed by atoms with van der Waals surface area (Å²) in [6, 6.07) is 7.12. The van der Waals surface area contributed by atoms with Crippen molar-refractivity contribution >= 4 is 28.9 Å². The lowest BCUT2D eigenvalue weighted by Crippen LogP contribution is -2.43. The minimum atomic E-state index is -1.15. The Morgan fingerprint density at radius 2 is 2.14 bits per heavy atom. The van der Waals surface area contributed by atoms with Gasteiger partial charge in [0.05, 0.1) is 12.1 Å². The van der Waals surface area contributed by atoms with Crippen molar-refractivity contribution in [3.8, 4) is 0 Å². The van der Waals surface area contributed by atoms with E-state index in [0.717, 1.165) is 10.4 Å². The zero-order chi connectivity index (χ0) is 21.2. The Hall–Kier alpha value is -3.69. The van der Waals surface area contributed by atoms with Crippen LogP contribution in [0.5, 0.6) is 0 Å². The summed E-state index contributed by atoms with van der Waals surface area (Å²) in [5.74, 6) is 0.333. The number of hydrogen-bond donors (Lipinski definition) is 2. The summed E-state index contributed by atoms with van der Waals surface area (Å²) in [4.78, 5) is 29.7. The smallest absolute Gasteiger partial charge is 0.417 e. The van der Waals surface area contributed by atoms with Gasteiger partial charge in [0.25, 0.3) is 5.91 Å². The van der Waals surface area contributed by atoms with Crippen LogP contribution in [0.3, 0.4) is 0 Å². The SMILES string of the molecule is C=C(N=C(/C=C\N)n1nnc2ccccc21)N[C@H](C)CN1C(=O)OC(C)(C)C1=O. The van der Waals surface area contributed by atoms with Crippen LogP contribution in [0, 0.1) is 0 Å². The van der Waals surface area contributed by atoms with Crippen LogP contribution < -0.4 is 11.1 Å². The van der Waals surface area contributed by atoms with Crippen molar-refractivity contribution in [1.82, 2.24) is 25.2 Å². The van der Waals surface area contributed by atoms with Crippen molar-refractivity contribution in [3.05, 3.63) is 48.9 Å². The molecule has 152 valence electrons. The average Bonchev–Trinajstić information content (AvgIpc) is 3.15. The molecule has 0 unspecified atom stereocenters. The Morgan fingerprint density at radius 3 is 2.79 bits per heavy atom. The van der Waals surface area contributed by atoms with Gasteiger partial charge in [-0.05, 0) is 45.2 Å². The maximum absolute atomic E-state index is 12.3. The van der Waals surface area contributed by atoms with Gasteiger partial charge >= 0.3 is 6.09 Å². The number of rotatable bonds is 6. The maximum Gasteiger partial charge on any atom is 0.417 e. The number of nitrogens with zero attached hydrogens (tertiary/aromatic N) is 5. The standard InChI is InChI=1S/C19H23N7O3/c1-12(11-25-17(27)19(3,4)29-18(25)28)21-13(2)22-16(9-10-20)26-15-8-6-5-7-14(15)23-24-26/h5-10,12,21H,2,11,20H2,1,3-4H3/b10-9-,22-16?/t12-/m1/s1. The van der Waals surface area contributed by atoms with E-state index in [0.29, 0.717) is 17.2 Å². The minimum absolute atomic E-state index is 0.115. The third kappa shape index (κ3) is 4.10. The first kappa shape index (κ1) is 20.1. The van der Waals surface area contributed by atoms with Crippen molar-refractivity contribution < 1.29 is 14.3 Å². The molecule has 1 aromatic heterocycles. The van der Waals surface area contributed by atoms with Gasteiger partial charge in [-0.15, -0.1) is 5.10 Å². The predicted octanol–water partition coefficient (Wildman–Crippen LogP) is 1.36.